The first-order valence-electron chi connectivity index (χ1n) is 4.39. The van der Waals surface area contributed by atoms with Gasteiger partial charge < -0.3 is 10.1 Å². The molecule has 2 rings (SSSR count). The van der Waals surface area contributed by atoms with Gasteiger partial charge in [-0.1, -0.05) is 0 Å². The number of hydrogen-bond acceptors (Lipinski definition) is 3. The Morgan fingerprint density at radius 2 is 2.29 bits per heavy atom. The zero-order valence-corrected chi connectivity index (χ0v) is 7.86. The highest BCUT2D eigenvalue weighted by Crippen LogP contribution is 2.14. The molecule has 0 radical (unpaired) electrons. The number of aliphatic hydroxyl groups is 1. The van der Waals surface area contributed by atoms with Crippen molar-refractivity contribution in [1.29, 1.82) is 0 Å². The molecule has 0 aliphatic carbocycles. The van der Waals surface area contributed by atoms with E-state index in [-0.39, 0.29) is 6.61 Å². The minimum absolute atomic E-state index is 0.130. The zero-order valence-electron chi connectivity index (χ0n) is 7.86. The van der Waals surface area contributed by atoms with Gasteiger partial charge in [-0.25, -0.2) is 9.97 Å². The van der Waals surface area contributed by atoms with Crippen LogP contribution < -0.4 is 0 Å². The van der Waals surface area contributed by atoms with E-state index in [1.165, 1.54) is 0 Å². The maximum Gasteiger partial charge on any atom is 0.154 e. The molecule has 4 heteroatoms. The van der Waals surface area contributed by atoms with Gasteiger partial charge in [0.1, 0.15) is 6.61 Å². The standard InChI is InChI=1S/C10H11N3O/c1-7-5-9(8-3-2-4-11-8)13-10(6-14)12-7/h2-5,11,14H,6H2,1H3. The second-order valence-corrected chi connectivity index (χ2v) is 3.05. The maximum absolute atomic E-state index is 8.95. The molecule has 0 aromatic carbocycles. The Morgan fingerprint density at radius 3 is 2.93 bits per heavy atom. The van der Waals surface area contributed by atoms with Crippen molar-refractivity contribution in [1.82, 2.24) is 15.0 Å². The Bertz CT molecular complexity index is 423. The highest BCUT2D eigenvalue weighted by molar-refractivity contribution is 5.54. The summed E-state index contributed by atoms with van der Waals surface area (Å²) in [7, 11) is 0. The van der Waals surface area contributed by atoms with E-state index < -0.39 is 0 Å². The summed E-state index contributed by atoms with van der Waals surface area (Å²) < 4.78 is 0. The van der Waals surface area contributed by atoms with Crippen molar-refractivity contribution in [2.75, 3.05) is 0 Å². The largest absolute Gasteiger partial charge is 0.388 e. The van der Waals surface area contributed by atoms with Gasteiger partial charge in [-0.05, 0) is 25.1 Å². The number of aromatic amines is 1. The van der Waals surface area contributed by atoms with E-state index in [0.29, 0.717) is 5.82 Å². The molecule has 14 heavy (non-hydrogen) atoms. The Morgan fingerprint density at radius 1 is 1.43 bits per heavy atom. The molecule has 0 aliphatic heterocycles. The molecule has 0 saturated heterocycles. The van der Waals surface area contributed by atoms with Gasteiger partial charge in [-0.15, -0.1) is 0 Å². The summed E-state index contributed by atoms with van der Waals surface area (Å²) in [5.41, 5.74) is 2.60. The number of rotatable bonds is 2. The molecule has 0 saturated carbocycles. The van der Waals surface area contributed by atoms with Gasteiger partial charge in [0.2, 0.25) is 0 Å². The molecule has 0 amide bonds. The molecule has 72 valence electrons. The molecule has 0 bridgehead atoms. The summed E-state index contributed by atoms with van der Waals surface area (Å²) in [6, 6.07) is 5.72. The van der Waals surface area contributed by atoms with Crippen molar-refractivity contribution < 1.29 is 5.11 Å². The average Bonchev–Trinajstić information content (AvgIpc) is 2.69. The summed E-state index contributed by atoms with van der Waals surface area (Å²) in [6.45, 7) is 1.75. The van der Waals surface area contributed by atoms with Crippen molar-refractivity contribution in [2.24, 2.45) is 0 Å². The van der Waals surface area contributed by atoms with Crippen LogP contribution >= 0.6 is 0 Å². The summed E-state index contributed by atoms with van der Waals surface area (Å²) in [5, 5.41) is 8.95. The third-order valence-electron chi connectivity index (χ3n) is 1.92. The molecule has 0 fully saturated rings. The number of H-pyrrole nitrogens is 1. The predicted octanol–water partition coefficient (Wildman–Crippen LogP) is 1.27. The molecule has 0 aliphatic rings. The van der Waals surface area contributed by atoms with Gasteiger partial charge in [0.05, 0.1) is 11.4 Å². The van der Waals surface area contributed by atoms with Gasteiger partial charge in [0.25, 0.3) is 0 Å². The first-order valence-corrected chi connectivity index (χ1v) is 4.39. The molecule has 0 spiro atoms. The van der Waals surface area contributed by atoms with Gasteiger partial charge >= 0.3 is 0 Å². The van der Waals surface area contributed by atoms with Gasteiger partial charge in [-0.2, -0.15) is 0 Å². The van der Waals surface area contributed by atoms with Crippen LogP contribution in [0.25, 0.3) is 11.4 Å². The molecular weight excluding hydrogens is 178 g/mol. The number of nitrogens with one attached hydrogen (secondary N) is 1. The summed E-state index contributed by atoms with van der Waals surface area (Å²) in [5.74, 6) is 0.453. The van der Waals surface area contributed by atoms with Crippen molar-refractivity contribution in [2.45, 2.75) is 13.5 Å². The number of aliphatic hydroxyl groups excluding tert-OH is 1. The van der Waals surface area contributed by atoms with Crippen LogP contribution in [0.2, 0.25) is 0 Å². The van der Waals surface area contributed by atoms with Crippen molar-refractivity contribution >= 4 is 0 Å². The number of hydrogen-bond donors (Lipinski definition) is 2. The van der Waals surface area contributed by atoms with Crippen LogP contribution in [0.3, 0.4) is 0 Å². The first-order chi connectivity index (χ1) is 6.79. The smallest absolute Gasteiger partial charge is 0.154 e. The van der Waals surface area contributed by atoms with E-state index in [1.807, 2.05) is 31.3 Å². The van der Waals surface area contributed by atoms with Crippen LogP contribution in [0.5, 0.6) is 0 Å². The lowest BCUT2D eigenvalue weighted by molar-refractivity contribution is 0.271. The minimum Gasteiger partial charge on any atom is -0.388 e. The van der Waals surface area contributed by atoms with Crippen LogP contribution in [-0.4, -0.2) is 20.1 Å². The zero-order chi connectivity index (χ0) is 9.97. The van der Waals surface area contributed by atoms with Crippen LogP contribution in [0.15, 0.2) is 24.4 Å². The molecule has 2 N–H and O–H groups in total. The highest BCUT2D eigenvalue weighted by Gasteiger charge is 2.03. The normalized spacial score (nSPS) is 10.4. The summed E-state index contributed by atoms with van der Waals surface area (Å²) in [4.78, 5) is 11.3. The third-order valence-corrected chi connectivity index (χ3v) is 1.92. The predicted molar refractivity (Wildman–Crippen MR) is 52.5 cm³/mol. The fourth-order valence-corrected chi connectivity index (χ4v) is 1.33. The molecule has 0 atom stereocenters. The second-order valence-electron chi connectivity index (χ2n) is 3.05. The van der Waals surface area contributed by atoms with E-state index in [1.54, 1.807) is 0 Å². The minimum atomic E-state index is -0.130. The number of aryl methyl sites for hydroxylation is 1. The van der Waals surface area contributed by atoms with Crippen LogP contribution in [0, 0.1) is 6.92 Å². The van der Waals surface area contributed by atoms with E-state index in [9.17, 15) is 0 Å². The van der Waals surface area contributed by atoms with Gasteiger partial charge in [0.15, 0.2) is 5.82 Å². The Kier molecular flexibility index (Phi) is 2.28. The lowest BCUT2D eigenvalue weighted by atomic mass is 10.2. The number of nitrogens with zero attached hydrogens (tertiary/aromatic N) is 2. The van der Waals surface area contributed by atoms with Crippen LogP contribution in [0.1, 0.15) is 11.5 Å². The maximum atomic E-state index is 8.95. The van der Waals surface area contributed by atoms with Gasteiger partial charge in [0, 0.05) is 11.9 Å². The van der Waals surface area contributed by atoms with Gasteiger partial charge in [-0.3, -0.25) is 0 Å². The Balaban J connectivity index is 2.48. The fourth-order valence-electron chi connectivity index (χ4n) is 1.33. The molecule has 4 nitrogen and oxygen atoms in total. The van der Waals surface area contributed by atoms with Crippen LogP contribution in [-0.2, 0) is 6.61 Å². The third kappa shape index (κ3) is 1.65. The lowest BCUT2D eigenvalue weighted by Gasteiger charge is -2.01. The average molecular weight is 189 g/mol. The first kappa shape index (κ1) is 8.90. The van der Waals surface area contributed by atoms with Crippen molar-refractivity contribution in [3.8, 4) is 11.4 Å². The fraction of sp³-hybridized carbons (Fsp3) is 0.200. The Labute approximate surface area is 81.7 Å². The van der Waals surface area contributed by atoms with E-state index in [2.05, 4.69) is 15.0 Å². The number of aromatic nitrogens is 3. The molecule has 0 unspecified atom stereocenters. The summed E-state index contributed by atoms with van der Waals surface area (Å²) >= 11 is 0. The van der Waals surface area contributed by atoms with Crippen molar-refractivity contribution in [3.63, 3.8) is 0 Å². The topological polar surface area (TPSA) is 61.8 Å². The molecule has 2 aromatic heterocycles. The van der Waals surface area contributed by atoms with E-state index >= 15 is 0 Å². The molecule has 2 aromatic rings. The summed E-state index contributed by atoms with van der Waals surface area (Å²) in [6.07, 6.45) is 1.84. The van der Waals surface area contributed by atoms with Crippen molar-refractivity contribution in [3.05, 3.63) is 35.9 Å². The Hall–Kier alpha value is -1.68. The lowest BCUT2D eigenvalue weighted by Crippen LogP contribution is -1.98. The second kappa shape index (κ2) is 3.59. The quantitative estimate of drug-likeness (QED) is 0.747. The SMILES string of the molecule is Cc1cc(-c2ccc[nH]2)nc(CO)n1. The monoisotopic (exact) mass is 189 g/mol. The van der Waals surface area contributed by atoms with E-state index in [0.717, 1.165) is 17.1 Å². The van der Waals surface area contributed by atoms with Crippen LogP contribution in [0.4, 0.5) is 0 Å². The van der Waals surface area contributed by atoms with E-state index in [4.69, 9.17) is 5.11 Å². The molecular formula is C10H11N3O. The highest BCUT2D eigenvalue weighted by atomic mass is 16.3. The molecule has 2 heterocycles.